The van der Waals surface area contributed by atoms with Gasteiger partial charge >= 0.3 is 13.8 Å². The highest BCUT2D eigenvalue weighted by molar-refractivity contribution is 7.47. The zero-order valence-electron chi connectivity index (χ0n) is 36.4. The minimum atomic E-state index is -4.28. The highest BCUT2D eigenvalue weighted by Gasteiger charge is 2.25. The molecule has 0 radical (unpaired) electrons. The van der Waals surface area contributed by atoms with Crippen LogP contribution in [0.2, 0.25) is 0 Å². The average molecular weight is 810 g/mol. The van der Waals surface area contributed by atoms with Crippen molar-refractivity contribution in [1.82, 2.24) is 0 Å². The molecule has 0 saturated carbocycles. The molecule has 0 aromatic heterocycles. The topological polar surface area (TPSA) is 117 Å². The summed E-state index contributed by atoms with van der Waals surface area (Å²) in [6, 6.07) is 0. The summed E-state index contributed by atoms with van der Waals surface area (Å²) in [6.07, 6.45) is 52.8. The van der Waals surface area contributed by atoms with Crippen LogP contribution in [0.5, 0.6) is 0 Å². The van der Waals surface area contributed by atoms with Crippen molar-refractivity contribution >= 4 is 13.8 Å². The molecule has 3 N–H and O–H groups in total. The van der Waals surface area contributed by atoms with E-state index in [4.69, 9.17) is 24.3 Å². The summed E-state index contributed by atoms with van der Waals surface area (Å²) in [7, 11) is -4.28. The fourth-order valence-corrected chi connectivity index (χ4v) is 7.06. The molecule has 0 amide bonds. The Labute approximate surface area is 345 Å². The van der Waals surface area contributed by atoms with Crippen molar-refractivity contribution in [3.63, 3.8) is 0 Å². The van der Waals surface area contributed by atoms with Gasteiger partial charge in [-0.15, -0.1) is 0 Å². The fourth-order valence-electron chi connectivity index (χ4n) is 6.29. The average Bonchev–Trinajstić information content (AvgIpc) is 3.19. The summed E-state index contributed by atoms with van der Waals surface area (Å²) in [6.45, 7) is 4.88. The van der Waals surface area contributed by atoms with Crippen molar-refractivity contribution in [2.75, 3.05) is 33.0 Å². The number of ether oxygens (including phenoxy) is 2. The van der Waals surface area contributed by atoms with E-state index in [0.717, 1.165) is 57.8 Å². The van der Waals surface area contributed by atoms with Crippen molar-refractivity contribution in [3.05, 3.63) is 48.6 Å². The quantitative estimate of drug-likeness (QED) is 0.0270. The smallest absolute Gasteiger partial charge is 0.457 e. The van der Waals surface area contributed by atoms with Crippen LogP contribution in [0.1, 0.15) is 206 Å². The van der Waals surface area contributed by atoms with E-state index in [0.29, 0.717) is 13.0 Å². The van der Waals surface area contributed by atoms with E-state index < -0.39 is 13.9 Å². The lowest BCUT2D eigenvalue weighted by atomic mass is 10.1. The molecule has 0 aliphatic rings. The highest BCUT2D eigenvalue weighted by atomic mass is 31.2. The minimum absolute atomic E-state index is 0.0969. The summed E-state index contributed by atoms with van der Waals surface area (Å²) < 4.78 is 33.4. The second-order valence-corrected chi connectivity index (χ2v) is 16.7. The maximum absolute atomic E-state index is 12.6. The van der Waals surface area contributed by atoms with Crippen LogP contribution in [0, 0.1) is 0 Å². The Balaban J connectivity index is 3.97. The van der Waals surface area contributed by atoms with E-state index in [1.165, 1.54) is 128 Å². The number of carbonyl (C=O) groups excluding carboxylic acids is 1. The van der Waals surface area contributed by atoms with Gasteiger partial charge in [0.1, 0.15) is 6.10 Å². The molecular weight excluding hydrogens is 721 g/mol. The van der Waals surface area contributed by atoms with Crippen LogP contribution in [0.15, 0.2) is 48.6 Å². The second kappa shape index (κ2) is 44.6. The van der Waals surface area contributed by atoms with Crippen LogP contribution in [0.25, 0.3) is 0 Å². The van der Waals surface area contributed by atoms with Gasteiger partial charge in [-0.1, -0.05) is 172 Å². The van der Waals surface area contributed by atoms with Crippen LogP contribution in [-0.4, -0.2) is 49.9 Å². The third-order valence-corrected chi connectivity index (χ3v) is 10.7. The highest BCUT2D eigenvalue weighted by Crippen LogP contribution is 2.43. The van der Waals surface area contributed by atoms with Gasteiger partial charge in [-0.3, -0.25) is 13.8 Å². The van der Waals surface area contributed by atoms with Gasteiger partial charge in [-0.25, -0.2) is 4.57 Å². The van der Waals surface area contributed by atoms with Gasteiger partial charge in [0, 0.05) is 19.6 Å². The van der Waals surface area contributed by atoms with Gasteiger partial charge in [0.2, 0.25) is 0 Å². The first-order valence-corrected chi connectivity index (χ1v) is 24.6. The third-order valence-electron chi connectivity index (χ3n) is 9.72. The predicted molar refractivity (Wildman–Crippen MR) is 238 cm³/mol. The summed E-state index contributed by atoms with van der Waals surface area (Å²) in [5.41, 5.74) is 5.37. The third kappa shape index (κ3) is 43.6. The lowest BCUT2D eigenvalue weighted by Gasteiger charge is -2.20. The van der Waals surface area contributed by atoms with Crippen molar-refractivity contribution < 1.29 is 32.8 Å². The van der Waals surface area contributed by atoms with E-state index in [2.05, 4.69) is 62.5 Å². The molecule has 8 nitrogen and oxygen atoms in total. The molecule has 9 heteroatoms. The summed E-state index contributed by atoms with van der Waals surface area (Å²) >= 11 is 0. The number of nitrogens with two attached hydrogens (primary N) is 1. The lowest BCUT2D eigenvalue weighted by molar-refractivity contribution is -0.154. The van der Waals surface area contributed by atoms with E-state index in [-0.39, 0.29) is 32.3 Å². The van der Waals surface area contributed by atoms with Crippen LogP contribution >= 0.6 is 7.82 Å². The molecule has 2 unspecified atom stereocenters. The molecule has 0 heterocycles. The zero-order chi connectivity index (χ0) is 40.9. The van der Waals surface area contributed by atoms with Crippen LogP contribution in [0.4, 0.5) is 0 Å². The number of rotatable bonds is 44. The van der Waals surface area contributed by atoms with Gasteiger partial charge in [-0.2, -0.15) is 0 Å². The van der Waals surface area contributed by atoms with Gasteiger partial charge < -0.3 is 20.1 Å². The molecule has 0 fully saturated rings. The fraction of sp³-hybridized carbons (Fsp3) is 0.809. The monoisotopic (exact) mass is 810 g/mol. The number of hydrogen-bond acceptors (Lipinski definition) is 7. The molecule has 0 saturated heterocycles. The molecule has 0 bridgehead atoms. The van der Waals surface area contributed by atoms with Crippen molar-refractivity contribution in [1.29, 1.82) is 0 Å². The second-order valence-electron chi connectivity index (χ2n) is 15.3. The Morgan fingerprint density at radius 1 is 0.536 bits per heavy atom. The molecule has 328 valence electrons. The normalized spacial score (nSPS) is 13.9. The number of esters is 1. The summed E-state index contributed by atoms with van der Waals surface area (Å²) in [5.74, 6) is -0.342. The summed E-state index contributed by atoms with van der Waals surface area (Å²) in [5, 5.41) is 0. The van der Waals surface area contributed by atoms with E-state index in [9.17, 15) is 14.3 Å². The van der Waals surface area contributed by atoms with Crippen molar-refractivity contribution in [2.45, 2.75) is 213 Å². The Bertz CT molecular complexity index is 999. The Kier molecular flexibility index (Phi) is 43.3. The summed E-state index contributed by atoms with van der Waals surface area (Å²) in [4.78, 5) is 22.5. The van der Waals surface area contributed by atoms with Gasteiger partial charge in [-0.05, 0) is 77.0 Å². The molecular formula is C47H88NO7P. The van der Waals surface area contributed by atoms with E-state index in [1.807, 2.05) is 0 Å². The standard InChI is InChI=1S/C47H88NO7P/c1-3-5-7-9-11-13-15-17-18-19-20-21-22-23-24-25-26-27-29-31-33-35-37-39-42-52-44-46(45-54-56(50,51)53-43-41-48)55-47(49)40-38-36-34-32-30-28-16-14-12-10-8-6-4-2/h14-17,19-20,22-23,46H,3-13,18,21,24-45,48H2,1-2H3,(H,50,51)/b16-14-,17-15-,20-19-,23-22-. The van der Waals surface area contributed by atoms with Gasteiger partial charge in [0.15, 0.2) is 0 Å². The van der Waals surface area contributed by atoms with E-state index in [1.54, 1.807) is 0 Å². The predicted octanol–water partition coefficient (Wildman–Crippen LogP) is 14.0. The molecule has 56 heavy (non-hydrogen) atoms. The molecule has 0 rings (SSSR count). The molecule has 0 aliphatic heterocycles. The first kappa shape index (κ1) is 54.5. The van der Waals surface area contributed by atoms with Crippen LogP contribution in [-0.2, 0) is 27.9 Å². The Morgan fingerprint density at radius 2 is 0.946 bits per heavy atom. The zero-order valence-corrected chi connectivity index (χ0v) is 37.3. The largest absolute Gasteiger partial charge is 0.472 e. The van der Waals surface area contributed by atoms with Gasteiger partial charge in [0.05, 0.1) is 19.8 Å². The SMILES string of the molecule is CCCCCC/C=C\CCCCCCCC(=O)OC(COCCCCCCCCCCC/C=C\C/C=C\C/C=C\CCCCCCC)COP(=O)(O)OCCN. The number of phosphoric ester groups is 1. The van der Waals surface area contributed by atoms with Crippen molar-refractivity contribution in [3.8, 4) is 0 Å². The van der Waals surface area contributed by atoms with Crippen LogP contribution in [0.3, 0.4) is 0 Å². The number of hydrogen-bond donors (Lipinski definition) is 2. The maximum Gasteiger partial charge on any atom is 0.472 e. The maximum atomic E-state index is 12.6. The number of carbonyl (C=O) groups is 1. The van der Waals surface area contributed by atoms with Crippen molar-refractivity contribution in [2.24, 2.45) is 5.73 Å². The first-order chi connectivity index (χ1) is 27.4. The molecule has 0 aliphatic carbocycles. The first-order valence-electron chi connectivity index (χ1n) is 23.1. The molecule has 0 spiro atoms. The number of unbranched alkanes of at least 4 members (excludes halogenated alkanes) is 23. The molecule has 2 atom stereocenters. The van der Waals surface area contributed by atoms with E-state index >= 15 is 0 Å². The molecule has 0 aromatic carbocycles. The number of phosphoric acid groups is 1. The lowest BCUT2D eigenvalue weighted by Crippen LogP contribution is -2.28. The van der Waals surface area contributed by atoms with Crippen LogP contribution < -0.4 is 5.73 Å². The minimum Gasteiger partial charge on any atom is -0.457 e. The Morgan fingerprint density at radius 3 is 1.45 bits per heavy atom. The number of allylic oxidation sites excluding steroid dienone is 8. The Hall–Kier alpha value is -1.54. The van der Waals surface area contributed by atoms with Gasteiger partial charge in [0.25, 0.3) is 0 Å². The molecule has 0 aromatic rings.